The third-order valence-corrected chi connectivity index (χ3v) is 2.49. The van der Waals surface area contributed by atoms with Crippen LogP contribution in [-0.4, -0.2) is 16.7 Å². The van der Waals surface area contributed by atoms with Crippen LogP contribution >= 0.6 is 0 Å². The van der Waals surface area contributed by atoms with Crippen molar-refractivity contribution in [1.82, 2.24) is 10.2 Å². The summed E-state index contributed by atoms with van der Waals surface area (Å²) in [5.41, 5.74) is 7.61. The summed E-state index contributed by atoms with van der Waals surface area (Å²) < 4.78 is 13.8. The van der Waals surface area contributed by atoms with Crippen LogP contribution in [0.25, 0.3) is 11.3 Å². The van der Waals surface area contributed by atoms with E-state index in [1.807, 2.05) is 30.3 Å². The van der Waals surface area contributed by atoms with Crippen LogP contribution in [0.4, 0.5) is 4.39 Å². The van der Waals surface area contributed by atoms with Crippen LogP contribution in [0.2, 0.25) is 0 Å². The SMILES string of the molecule is NCCC(F)c1cn[nH]c1-c1ccccc1. The number of hydrogen-bond donors (Lipinski definition) is 2. The number of rotatable bonds is 4. The van der Waals surface area contributed by atoms with Gasteiger partial charge in [0.2, 0.25) is 0 Å². The van der Waals surface area contributed by atoms with Crippen molar-refractivity contribution in [3.05, 3.63) is 42.1 Å². The maximum absolute atomic E-state index is 13.8. The zero-order chi connectivity index (χ0) is 11.4. The molecule has 1 unspecified atom stereocenters. The lowest BCUT2D eigenvalue weighted by molar-refractivity contribution is 0.328. The van der Waals surface area contributed by atoms with Gasteiger partial charge in [0.15, 0.2) is 0 Å². The molecule has 1 heterocycles. The Morgan fingerprint density at radius 3 is 2.75 bits per heavy atom. The van der Waals surface area contributed by atoms with Crippen molar-refractivity contribution in [2.75, 3.05) is 6.54 Å². The maximum atomic E-state index is 13.8. The van der Waals surface area contributed by atoms with Gasteiger partial charge in [-0.25, -0.2) is 4.39 Å². The molecule has 0 saturated carbocycles. The van der Waals surface area contributed by atoms with Crippen LogP contribution in [0.1, 0.15) is 18.2 Å². The Balaban J connectivity index is 2.33. The van der Waals surface area contributed by atoms with Crippen LogP contribution < -0.4 is 5.73 Å². The number of aromatic nitrogens is 2. The number of nitrogens with zero attached hydrogens (tertiary/aromatic N) is 1. The van der Waals surface area contributed by atoms with E-state index in [9.17, 15) is 4.39 Å². The molecule has 2 aromatic rings. The zero-order valence-corrected chi connectivity index (χ0v) is 8.86. The van der Waals surface area contributed by atoms with Gasteiger partial charge in [0.25, 0.3) is 0 Å². The Morgan fingerprint density at radius 2 is 2.06 bits per heavy atom. The lowest BCUT2D eigenvalue weighted by Gasteiger charge is -2.07. The minimum absolute atomic E-state index is 0.319. The summed E-state index contributed by atoms with van der Waals surface area (Å²) in [4.78, 5) is 0. The normalized spacial score (nSPS) is 12.6. The molecule has 0 bridgehead atoms. The Hall–Kier alpha value is -1.68. The number of nitrogens with one attached hydrogen (secondary N) is 1. The van der Waals surface area contributed by atoms with Crippen LogP contribution in [0.5, 0.6) is 0 Å². The van der Waals surface area contributed by atoms with Gasteiger partial charge in [-0.1, -0.05) is 30.3 Å². The summed E-state index contributed by atoms with van der Waals surface area (Å²) in [5, 5.41) is 6.73. The standard InChI is InChI=1S/C12H14FN3/c13-11(6-7-14)10-8-15-16-12(10)9-4-2-1-3-5-9/h1-5,8,11H,6-7,14H2,(H,15,16). The topological polar surface area (TPSA) is 54.7 Å². The number of hydrogen-bond acceptors (Lipinski definition) is 2. The largest absolute Gasteiger partial charge is 0.330 e. The summed E-state index contributed by atoms with van der Waals surface area (Å²) in [6.45, 7) is 0.334. The molecule has 1 aromatic carbocycles. The van der Waals surface area contributed by atoms with E-state index in [0.29, 0.717) is 18.5 Å². The van der Waals surface area contributed by atoms with Gasteiger partial charge in [-0.15, -0.1) is 0 Å². The molecule has 0 spiro atoms. The van der Waals surface area contributed by atoms with Gasteiger partial charge in [0.1, 0.15) is 6.17 Å². The second-order valence-electron chi connectivity index (χ2n) is 3.61. The maximum Gasteiger partial charge on any atom is 0.130 e. The first-order chi connectivity index (χ1) is 7.83. The molecule has 3 N–H and O–H groups in total. The molecule has 1 aromatic heterocycles. The molecule has 4 heteroatoms. The highest BCUT2D eigenvalue weighted by Crippen LogP contribution is 2.29. The monoisotopic (exact) mass is 219 g/mol. The molecule has 0 amide bonds. The fourth-order valence-corrected chi connectivity index (χ4v) is 1.67. The number of aromatic amines is 1. The smallest absolute Gasteiger partial charge is 0.130 e. The van der Waals surface area contributed by atoms with Crippen molar-refractivity contribution in [2.45, 2.75) is 12.6 Å². The van der Waals surface area contributed by atoms with E-state index < -0.39 is 6.17 Å². The van der Waals surface area contributed by atoms with E-state index in [2.05, 4.69) is 10.2 Å². The van der Waals surface area contributed by atoms with Gasteiger partial charge < -0.3 is 5.73 Å². The minimum Gasteiger partial charge on any atom is -0.330 e. The molecular formula is C12H14FN3. The van der Waals surface area contributed by atoms with Crippen molar-refractivity contribution in [3.63, 3.8) is 0 Å². The second-order valence-corrected chi connectivity index (χ2v) is 3.61. The fraction of sp³-hybridized carbons (Fsp3) is 0.250. The first kappa shape index (κ1) is 10.8. The number of benzene rings is 1. The Bertz CT molecular complexity index is 439. The van der Waals surface area contributed by atoms with Gasteiger partial charge in [-0.05, 0) is 18.5 Å². The van der Waals surface area contributed by atoms with E-state index >= 15 is 0 Å². The number of halogens is 1. The summed E-state index contributed by atoms with van der Waals surface area (Å²) in [5.74, 6) is 0. The number of H-pyrrole nitrogens is 1. The average Bonchev–Trinajstić information content (AvgIpc) is 2.79. The zero-order valence-electron chi connectivity index (χ0n) is 8.86. The van der Waals surface area contributed by atoms with Crippen molar-refractivity contribution in [3.8, 4) is 11.3 Å². The predicted octanol–water partition coefficient (Wildman–Crippen LogP) is 2.44. The van der Waals surface area contributed by atoms with Gasteiger partial charge in [0.05, 0.1) is 11.9 Å². The fourth-order valence-electron chi connectivity index (χ4n) is 1.67. The molecule has 0 saturated heterocycles. The minimum atomic E-state index is -1.06. The van der Waals surface area contributed by atoms with E-state index in [0.717, 1.165) is 11.3 Å². The molecule has 0 fully saturated rings. The van der Waals surface area contributed by atoms with Crippen LogP contribution in [0.15, 0.2) is 36.5 Å². The quantitative estimate of drug-likeness (QED) is 0.829. The Kier molecular flexibility index (Phi) is 3.31. The van der Waals surface area contributed by atoms with Crippen molar-refractivity contribution in [2.24, 2.45) is 5.73 Å². The first-order valence-corrected chi connectivity index (χ1v) is 5.25. The average molecular weight is 219 g/mol. The molecular weight excluding hydrogens is 205 g/mol. The lowest BCUT2D eigenvalue weighted by Crippen LogP contribution is -2.03. The van der Waals surface area contributed by atoms with Gasteiger partial charge in [-0.3, -0.25) is 5.10 Å². The highest BCUT2D eigenvalue weighted by Gasteiger charge is 2.16. The van der Waals surface area contributed by atoms with Gasteiger partial charge >= 0.3 is 0 Å². The van der Waals surface area contributed by atoms with E-state index in [1.165, 1.54) is 6.20 Å². The van der Waals surface area contributed by atoms with Crippen LogP contribution in [0, 0.1) is 0 Å². The molecule has 0 aliphatic carbocycles. The third-order valence-electron chi connectivity index (χ3n) is 2.49. The molecule has 3 nitrogen and oxygen atoms in total. The Labute approximate surface area is 93.5 Å². The van der Waals surface area contributed by atoms with Crippen molar-refractivity contribution < 1.29 is 4.39 Å². The number of alkyl halides is 1. The number of nitrogens with two attached hydrogens (primary N) is 1. The lowest BCUT2D eigenvalue weighted by atomic mass is 10.0. The molecule has 0 aliphatic heterocycles. The third kappa shape index (κ3) is 2.12. The molecule has 0 aliphatic rings. The first-order valence-electron chi connectivity index (χ1n) is 5.25. The van der Waals surface area contributed by atoms with Crippen LogP contribution in [0.3, 0.4) is 0 Å². The van der Waals surface area contributed by atoms with Crippen molar-refractivity contribution >= 4 is 0 Å². The van der Waals surface area contributed by atoms with E-state index in [-0.39, 0.29) is 0 Å². The molecule has 16 heavy (non-hydrogen) atoms. The molecule has 0 radical (unpaired) electrons. The summed E-state index contributed by atoms with van der Waals surface area (Å²) in [7, 11) is 0. The van der Waals surface area contributed by atoms with Crippen molar-refractivity contribution in [1.29, 1.82) is 0 Å². The Morgan fingerprint density at radius 1 is 1.31 bits per heavy atom. The van der Waals surface area contributed by atoms with E-state index in [4.69, 9.17) is 5.73 Å². The summed E-state index contributed by atoms with van der Waals surface area (Å²) in [6, 6.07) is 9.59. The predicted molar refractivity (Wildman–Crippen MR) is 61.5 cm³/mol. The van der Waals surface area contributed by atoms with E-state index in [1.54, 1.807) is 0 Å². The highest BCUT2D eigenvalue weighted by atomic mass is 19.1. The highest BCUT2D eigenvalue weighted by molar-refractivity contribution is 5.62. The second kappa shape index (κ2) is 4.90. The molecule has 84 valence electrons. The molecule has 1 atom stereocenters. The molecule has 2 rings (SSSR count). The van der Waals surface area contributed by atoms with Gasteiger partial charge in [0, 0.05) is 5.56 Å². The van der Waals surface area contributed by atoms with Crippen LogP contribution in [-0.2, 0) is 0 Å². The summed E-state index contributed by atoms with van der Waals surface area (Å²) >= 11 is 0. The summed E-state index contributed by atoms with van der Waals surface area (Å²) in [6.07, 6.45) is 0.793. The van der Waals surface area contributed by atoms with Gasteiger partial charge in [-0.2, -0.15) is 5.10 Å².